The van der Waals surface area contributed by atoms with Crippen molar-refractivity contribution in [3.05, 3.63) is 29.3 Å². The second-order valence-electron chi connectivity index (χ2n) is 5.52. The number of rotatable bonds is 9. The molecule has 6 nitrogen and oxygen atoms in total. The molecule has 0 aromatic heterocycles. The Morgan fingerprint density at radius 3 is 2.48 bits per heavy atom. The van der Waals surface area contributed by atoms with Gasteiger partial charge >= 0.3 is 0 Å². The average Bonchev–Trinajstić information content (AvgIpc) is 2.45. The number of benzene rings is 1. The lowest BCUT2D eigenvalue weighted by molar-refractivity contribution is -0.128. The van der Waals surface area contributed by atoms with Crippen molar-refractivity contribution in [3.63, 3.8) is 0 Å². The van der Waals surface area contributed by atoms with Crippen molar-refractivity contribution in [2.75, 3.05) is 40.3 Å². The Kier molecular flexibility index (Phi) is 7.98. The number of nitrogens with zero attached hydrogens (tertiary/aromatic N) is 2. The second kappa shape index (κ2) is 9.22. The van der Waals surface area contributed by atoms with E-state index in [1.165, 1.54) is 19.1 Å². The first kappa shape index (κ1) is 19.9. The molecular formula is C15H24ClN3O3S. The van der Waals surface area contributed by atoms with Crippen molar-refractivity contribution < 1.29 is 13.2 Å². The molecule has 130 valence electrons. The number of hydrogen-bond acceptors (Lipinski definition) is 4. The van der Waals surface area contributed by atoms with Crippen LogP contribution in [0.4, 0.5) is 0 Å². The van der Waals surface area contributed by atoms with Crippen molar-refractivity contribution >= 4 is 27.5 Å². The molecular weight excluding hydrogens is 338 g/mol. The van der Waals surface area contributed by atoms with Gasteiger partial charge in [0.05, 0.1) is 4.90 Å². The van der Waals surface area contributed by atoms with Gasteiger partial charge in [0, 0.05) is 31.6 Å². The molecule has 1 aromatic carbocycles. The highest BCUT2D eigenvalue weighted by atomic mass is 35.5. The van der Waals surface area contributed by atoms with Gasteiger partial charge in [-0.15, -0.1) is 0 Å². The lowest BCUT2D eigenvalue weighted by atomic mass is 10.3. The van der Waals surface area contributed by atoms with Crippen LogP contribution in [0.2, 0.25) is 5.02 Å². The summed E-state index contributed by atoms with van der Waals surface area (Å²) in [5.74, 6) is -0.0642. The molecule has 0 aliphatic carbocycles. The van der Waals surface area contributed by atoms with Gasteiger partial charge in [0.2, 0.25) is 15.9 Å². The Labute approximate surface area is 143 Å². The molecule has 0 saturated heterocycles. The van der Waals surface area contributed by atoms with E-state index in [1.54, 1.807) is 17.0 Å². The van der Waals surface area contributed by atoms with Crippen molar-refractivity contribution in [3.8, 4) is 0 Å². The third kappa shape index (κ3) is 7.30. The van der Waals surface area contributed by atoms with Gasteiger partial charge in [0.25, 0.3) is 0 Å². The normalized spacial score (nSPS) is 11.7. The van der Waals surface area contributed by atoms with E-state index in [0.29, 0.717) is 18.1 Å². The zero-order chi connectivity index (χ0) is 17.5. The fourth-order valence-electron chi connectivity index (χ4n) is 2.04. The summed E-state index contributed by atoms with van der Waals surface area (Å²) in [4.78, 5) is 15.4. The Morgan fingerprint density at radius 2 is 1.91 bits per heavy atom. The van der Waals surface area contributed by atoms with E-state index in [1.807, 2.05) is 19.0 Å². The summed E-state index contributed by atoms with van der Waals surface area (Å²) in [6.45, 7) is 3.46. The van der Waals surface area contributed by atoms with Gasteiger partial charge in [-0.1, -0.05) is 17.7 Å². The molecule has 1 amide bonds. The van der Waals surface area contributed by atoms with E-state index in [2.05, 4.69) is 4.72 Å². The SMILES string of the molecule is CC(=O)N(CCCN(C)C)CCNS(=O)(=O)c1cccc(Cl)c1. The molecule has 1 N–H and O–H groups in total. The third-order valence-corrected chi connectivity index (χ3v) is 4.95. The Balaban J connectivity index is 2.53. The molecule has 0 aliphatic rings. The van der Waals surface area contributed by atoms with Crippen LogP contribution in [0.15, 0.2) is 29.2 Å². The van der Waals surface area contributed by atoms with Crippen LogP contribution in [0.25, 0.3) is 0 Å². The van der Waals surface area contributed by atoms with Crippen LogP contribution in [0.1, 0.15) is 13.3 Å². The highest BCUT2D eigenvalue weighted by molar-refractivity contribution is 7.89. The molecule has 0 unspecified atom stereocenters. The van der Waals surface area contributed by atoms with E-state index < -0.39 is 10.0 Å². The molecule has 1 rings (SSSR count). The quantitative estimate of drug-likeness (QED) is 0.722. The maximum Gasteiger partial charge on any atom is 0.240 e. The Morgan fingerprint density at radius 1 is 1.22 bits per heavy atom. The molecule has 0 bridgehead atoms. The minimum Gasteiger partial charge on any atom is -0.342 e. The smallest absolute Gasteiger partial charge is 0.240 e. The monoisotopic (exact) mass is 361 g/mol. The number of amides is 1. The number of nitrogens with one attached hydrogen (secondary N) is 1. The molecule has 0 aliphatic heterocycles. The van der Waals surface area contributed by atoms with Crippen LogP contribution in [0.5, 0.6) is 0 Å². The minimum absolute atomic E-state index is 0.0642. The van der Waals surface area contributed by atoms with Crippen molar-refractivity contribution in [2.24, 2.45) is 0 Å². The summed E-state index contributed by atoms with van der Waals surface area (Å²) >= 11 is 5.81. The van der Waals surface area contributed by atoms with E-state index in [0.717, 1.165) is 13.0 Å². The molecule has 0 saturated carbocycles. The number of halogens is 1. The second-order valence-corrected chi connectivity index (χ2v) is 7.72. The molecule has 8 heteroatoms. The summed E-state index contributed by atoms with van der Waals surface area (Å²) < 4.78 is 26.8. The van der Waals surface area contributed by atoms with Gasteiger partial charge in [-0.25, -0.2) is 13.1 Å². The highest BCUT2D eigenvalue weighted by Gasteiger charge is 2.15. The first-order valence-electron chi connectivity index (χ1n) is 7.38. The zero-order valence-corrected chi connectivity index (χ0v) is 15.3. The summed E-state index contributed by atoms with van der Waals surface area (Å²) in [5.41, 5.74) is 0. The van der Waals surface area contributed by atoms with Crippen LogP contribution in [0.3, 0.4) is 0 Å². The van der Waals surface area contributed by atoms with Gasteiger partial charge < -0.3 is 9.80 Å². The lowest BCUT2D eigenvalue weighted by Gasteiger charge is -2.22. The number of hydrogen-bond donors (Lipinski definition) is 1. The van der Waals surface area contributed by atoms with Gasteiger partial charge in [-0.2, -0.15) is 0 Å². The van der Waals surface area contributed by atoms with Crippen LogP contribution in [0, 0.1) is 0 Å². The molecule has 0 spiro atoms. The van der Waals surface area contributed by atoms with E-state index in [9.17, 15) is 13.2 Å². The molecule has 23 heavy (non-hydrogen) atoms. The van der Waals surface area contributed by atoms with Crippen molar-refractivity contribution in [1.29, 1.82) is 0 Å². The molecule has 0 radical (unpaired) electrons. The first-order chi connectivity index (χ1) is 10.7. The average molecular weight is 362 g/mol. The van der Waals surface area contributed by atoms with Crippen molar-refractivity contribution in [2.45, 2.75) is 18.2 Å². The molecule has 0 atom stereocenters. The molecule has 0 fully saturated rings. The van der Waals surface area contributed by atoms with Gasteiger partial charge in [-0.05, 0) is 45.3 Å². The zero-order valence-electron chi connectivity index (χ0n) is 13.8. The lowest BCUT2D eigenvalue weighted by Crippen LogP contribution is -2.38. The Bertz CT molecular complexity index is 620. The maximum absolute atomic E-state index is 12.2. The summed E-state index contributed by atoms with van der Waals surface area (Å²) in [6.07, 6.45) is 0.841. The highest BCUT2D eigenvalue weighted by Crippen LogP contribution is 2.14. The predicted octanol–water partition coefficient (Wildman–Crippen LogP) is 1.42. The van der Waals surface area contributed by atoms with E-state index in [4.69, 9.17) is 11.6 Å². The molecule has 1 aromatic rings. The largest absolute Gasteiger partial charge is 0.342 e. The summed E-state index contributed by atoms with van der Waals surface area (Å²) in [5, 5.41) is 0.363. The Hall–Kier alpha value is -1.15. The number of carbonyl (C=O) groups excluding carboxylic acids is 1. The minimum atomic E-state index is -3.62. The van der Waals surface area contributed by atoms with Crippen LogP contribution >= 0.6 is 11.6 Å². The van der Waals surface area contributed by atoms with E-state index >= 15 is 0 Å². The van der Waals surface area contributed by atoms with Gasteiger partial charge in [-0.3, -0.25) is 4.79 Å². The van der Waals surface area contributed by atoms with Gasteiger partial charge in [0.15, 0.2) is 0 Å². The topological polar surface area (TPSA) is 69.7 Å². The first-order valence-corrected chi connectivity index (χ1v) is 9.24. The maximum atomic E-state index is 12.2. The van der Waals surface area contributed by atoms with Crippen LogP contribution in [-0.4, -0.2) is 64.4 Å². The standard InChI is InChI=1S/C15H24ClN3O3S/c1-13(20)19(10-5-9-18(2)3)11-8-17-23(21,22)15-7-4-6-14(16)12-15/h4,6-7,12,17H,5,8-11H2,1-3H3. The van der Waals surface area contributed by atoms with E-state index in [-0.39, 0.29) is 17.3 Å². The fourth-order valence-corrected chi connectivity index (χ4v) is 3.36. The predicted molar refractivity (Wildman–Crippen MR) is 92.1 cm³/mol. The number of sulfonamides is 1. The summed E-state index contributed by atoms with van der Waals surface area (Å²) in [6, 6.07) is 6.07. The number of carbonyl (C=O) groups is 1. The fraction of sp³-hybridized carbons (Fsp3) is 0.533. The van der Waals surface area contributed by atoms with Gasteiger partial charge in [0.1, 0.15) is 0 Å². The van der Waals surface area contributed by atoms with Crippen LogP contribution in [-0.2, 0) is 14.8 Å². The third-order valence-electron chi connectivity index (χ3n) is 3.26. The van der Waals surface area contributed by atoms with Crippen molar-refractivity contribution in [1.82, 2.24) is 14.5 Å². The summed E-state index contributed by atoms with van der Waals surface area (Å²) in [7, 11) is 0.320. The van der Waals surface area contributed by atoms with Crippen LogP contribution < -0.4 is 4.72 Å². The molecule has 0 heterocycles.